The van der Waals surface area contributed by atoms with E-state index in [1.54, 1.807) is 6.07 Å². The van der Waals surface area contributed by atoms with Gasteiger partial charge >= 0.3 is 0 Å². The van der Waals surface area contributed by atoms with Crippen LogP contribution in [-0.2, 0) is 0 Å². The van der Waals surface area contributed by atoms with E-state index in [1.807, 2.05) is 24.9 Å². The molecular weight excluding hydrogens is 223 g/mol. The molecule has 4 heteroatoms. The molecule has 0 radical (unpaired) electrons. The lowest BCUT2D eigenvalue weighted by Crippen LogP contribution is -2.38. The van der Waals surface area contributed by atoms with Gasteiger partial charge in [0.1, 0.15) is 5.82 Å². The van der Waals surface area contributed by atoms with Crippen LogP contribution in [0.1, 0.15) is 6.42 Å². The molecule has 2 rings (SSSR count). The number of hydrogen-bond donors (Lipinski definition) is 1. The van der Waals surface area contributed by atoms with Crippen LogP contribution in [0.15, 0.2) is 23.1 Å². The number of halogens is 1. The zero-order valence-electron chi connectivity index (χ0n) is 9.66. The fourth-order valence-electron chi connectivity index (χ4n) is 1.97. The van der Waals surface area contributed by atoms with E-state index in [0.29, 0.717) is 6.04 Å². The van der Waals surface area contributed by atoms with Gasteiger partial charge in [-0.2, -0.15) is 0 Å². The smallest absolute Gasteiger partial charge is 0.125 e. The van der Waals surface area contributed by atoms with Crippen molar-refractivity contribution in [3.05, 3.63) is 24.0 Å². The van der Waals surface area contributed by atoms with Crippen molar-refractivity contribution in [1.29, 1.82) is 0 Å². The number of hydrogen-bond acceptors (Lipinski definition) is 3. The molecule has 1 N–H and O–H groups in total. The van der Waals surface area contributed by atoms with Crippen molar-refractivity contribution in [1.82, 2.24) is 5.32 Å². The van der Waals surface area contributed by atoms with Gasteiger partial charge in [-0.1, -0.05) is 0 Å². The van der Waals surface area contributed by atoms with Crippen molar-refractivity contribution in [3.63, 3.8) is 0 Å². The van der Waals surface area contributed by atoms with E-state index in [-0.39, 0.29) is 5.82 Å². The highest BCUT2D eigenvalue weighted by atomic mass is 32.2. The van der Waals surface area contributed by atoms with Crippen LogP contribution in [0.4, 0.5) is 10.1 Å². The Morgan fingerprint density at radius 2 is 2.38 bits per heavy atom. The van der Waals surface area contributed by atoms with Gasteiger partial charge in [0, 0.05) is 23.7 Å². The molecule has 88 valence electrons. The number of anilines is 1. The molecule has 2 nitrogen and oxygen atoms in total. The molecule has 1 atom stereocenters. The fraction of sp³-hybridized carbons (Fsp3) is 0.500. The van der Waals surface area contributed by atoms with E-state index in [9.17, 15) is 4.39 Å². The third-order valence-corrected chi connectivity index (χ3v) is 4.22. The highest BCUT2D eigenvalue weighted by Gasteiger charge is 2.23. The van der Waals surface area contributed by atoms with Crippen molar-refractivity contribution in [2.45, 2.75) is 17.4 Å². The average molecular weight is 240 g/mol. The Bertz CT molecular complexity index is 370. The molecule has 0 fully saturated rings. The maximum absolute atomic E-state index is 13.2. The summed E-state index contributed by atoms with van der Waals surface area (Å²) >= 11 is 1.82. The quantitative estimate of drug-likeness (QED) is 0.873. The molecule has 1 aliphatic rings. The molecule has 0 saturated carbocycles. The minimum Gasteiger partial charge on any atom is -0.370 e. The Kier molecular flexibility index (Phi) is 3.71. The maximum Gasteiger partial charge on any atom is 0.125 e. The Morgan fingerprint density at radius 1 is 1.56 bits per heavy atom. The summed E-state index contributed by atoms with van der Waals surface area (Å²) in [5.41, 5.74) is 1.03. The first kappa shape index (κ1) is 11.7. The van der Waals surface area contributed by atoms with Crippen LogP contribution in [0.3, 0.4) is 0 Å². The van der Waals surface area contributed by atoms with Crippen LogP contribution in [-0.4, -0.2) is 32.4 Å². The summed E-state index contributed by atoms with van der Waals surface area (Å²) in [6.07, 6.45) is 1.09. The van der Waals surface area contributed by atoms with Crippen LogP contribution < -0.4 is 10.2 Å². The van der Waals surface area contributed by atoms with E-state index >= 15 is 0 Å². The summed E-state index contributed by atoms with van der Waals surface area (Å²) in [6, 6.07) is 5.54. The van der Waals surface area contributed by atoms with E-state index in [1.165, 1.54) is 11.0 Å². The normalized spacial score (nSPS) is 19.7. The molecule has 16 heavy (non-hydrogen) atoms. The fourth-order valence-corrected chi connectivity index (χ4v) is 3.25. The largest absolute Gasteiger partial charge is 0.370 e. The van der Waals surface area contributed by atoms with Gasteiger partial charge in [0.05, 0.1) is 5.69 Å². The average Bonchev–Trinajstić information content (AvgIpc) is 2.29. The molecule has 1 aromatic carbocycles. The van der Waals surface area contributed by atoms with E-state index in [2.05, 4.69) is 17.3 Å². The first-order chi connectivity index (χ1) is 7.72. The second-order valence-electron chi connectivity index (χ2n) is 4.08. The predicted octanol–water partition coefficient (Wildman–Crippen LogP) is 2.35. The topological polar surface area (TPSA) is 15.3 Å². The SMILES string of the molecule is CNCCC1CSc2ccc(F)cc2N1C. The lowest BCUT2D eigenvalue weighted by molar-refractivity contribution is 0.591. The predicted molar refractivity (Wildman–Crippen MR) is 67.9 cm³/mol. The van der Waals surface area contributed by atoms with Gasteiger partial charge in [0.15, 0.2) is 0 Å². The molecule has 1 unspecified atom stereocenters. The summed E-state index contributed by atoms with van der Waals surface area (Å²) in [7, 11) is 4.02. The molecule has 0 bridgehead atoms. The van der Waals surface area contributed by atoms with Gasteiger partial charge in [0.25, 0.3) is 0 Å². The van der Waals surface area contributed by atoms with Crippen LogP contribution in [0.2, 0.25) is 0 Å². The number of rotatable bonds is 3. The Hall–Kier alpha value is -0.740. The molecule has 1 heterocycles. The Labute approximate surface area is 100 Å². The summed E-state index contributed by atoms with van der Waals surface area (Å²) in [4.78, 5) is 3.39. The molecule has 0 aliphatic carbocycles. The molecule has 0 aromatic heterocycles. The Balaban J connectivity index is 2.17. The minimum atomic E-state index is -0.152. The van der Waals surface area contributed by atoms with Gasteiger partial charge in [-0.15, -0.1) is 11.8 Å². The second kappa shape index (κ2) is 5.06. The van der Waals surface area contributed by atoms with E-state index in [4.69, 9.17) is 0 Å². The van der Waals surface area contributed by atoms with Crippen LogP contribution in [0.5, 0.6) is 0 Å². The first-order valence-corrected chi connectivity index (χ1v) is 6.50. The number of nitrogens with one attached hydrogen (secondary N) is 1. The summed E-state index contributed by atoms with van der Waals surface area (Å²) in [5.74, 6) is 0.928. The van der Waals surface area contributed by atoms with Gasteiger partial charge < -0.3 is 10.2 Å². The van der Waals surface area contributed by atoms with Gasteiger partial charge in [-0.25, -0.2) is 4.39 Å². The number of nitrogens with zero attached hydrogens (tertiary/aromatic N) is 1. The Morgan fingerprint density at radius 3 is 3.12 bits per heavy atom. The van der Waals surface area contributed by atoms with Gasteiger partial charge in [0.2, 0.25) is 0 Å². The van der Waals surface area contributed by atoms with E-state index < -0.39 is 0 Å². The van der Waals surface area contributed by atoms with Crippen molar-refractivity contribution in [2.75, 3.05) is 31.3 Å². The van der Waals surface area contributed by atoms with Crippen molar-refractivity contribution in [2.24, 2.45) is 0 Å². The van der Waals surface area contributed by atoms with Crippen molar-refractivity contribution in [3.8, 4) is 0 Å². The lowest BCUT2D eigenvalue weighted by atomic mass is 10.1. The summed E-state index contributed by atoms with van der Waals surface area (Å²) in [5, 5.41) is 3.16. The summed E-state index contributed by atoms with van der Waals surface area (Å²) in [6.45, 7) is 1.00. The number of benzene rings is 1. The standard InChI is InChI=1S/C12H17FN2S/c1-14-6-5-10-8-16-12-4-3-9(13)7-11(12)15(10)2/h3-4,7,10,14H,5-6,8H2,1-2H3. The van der Waals surface area contributed by atoms with Crippen molar-refractivity contribution < 1.29 is 4.39 Å². The molecule has 0 saturated heterocycles. The van der Waals surface area contributed by atoms with Gasteiger partial charge in [-0.05, 0) is 38.2 Å². The molecule has 1 aromatic rings. The highest BCUT2D eigenvalue weighted by Crippen LogP contribution is 2.37. The first-order valence-electron chi connectivity index (χ1n) is 5.52. The van der Waals surface area contributed by atoms with Crippen LogP contribution >= 0.6 is 11.8 Å². The van der Waals surface area contributed by atoms with Crippen LogP contribution in [0, 0.1) is 5.82 Å². The number of thioether (sulfide) groups is 1. The zero-order chi connectivity index (χ0) is 11.5. The van der Waals surface area contributed by atoms with Crippen LogP contribution in [0.25, 0.3) is 0 Å². The van der Waals surface area contributed by atoms with Gasteiger partial charge in [-0.3, -0.25) is 0 Å². The molecule has 0 spiro atoms. The molecular formula is C12H17FN2S. The summed E-state index contributed by atoms with van der Waals surface area (Å²) < 4.78 is 13.2. The lowest BCUT2D eigenvalue weighted by Gasteiger charge is -2.35. The maximum atomic E-state index is 13.2. The molecule has 0 amide bonds. The highest BCUT2D eigenvalue weighted by molar-refractivity contribution is 7.99. The third kappa shape index (κ3) is 2.33. The second-order valence-corrected chi connectivity index (χ2v) is 5.14. The van der Waals surface area contributed by atoms with E-state index in [0.717, 1.165) is 24.4 Å². The van der Waals surface area contributed by atoms with Crippen molar-refractivity contribution >= 4 is 17.4 Å². The zero-order valence-corrected chi connectivity index (χ0v) is 10.5. The number of fused-ring (bicyclic) bond motifs is 1. The molecule has 1 aliphatic heterocycles. The third-order valence-electron chi connectivity index (χ3n) is 3.01. The monoisotopic (exact) mass is 240 g/mol. The minimum absolute atomic E-state index is 0.152.